The van der Waals surface area contributed by atoms with E-state index in [4.69, 9.17) is 0 Å². The van der Waals surface area contributed by atoms with E-state index in [1.165, 1.54) is 28.4 Å². The van der Waals surface area contributed by atoms with Gasteiger partial charge in [-0.05, 0) is 56.7 Å². The first-order chi connectivity index (χ1) is 12.5. The van der Waals surface area contributed by atoms with Crippen molar-refractivity contribution in [3.8, 4) is 0 Å². The van der Waals surface area contributed by atoms with Crippen LogP contribution in [0, 0.1) is 19.8 Å². The SMILES string of the molecule is Cc1cc(C)nc(SCC(=O)n2c3c(c4ccccc42)CC(C)CC3)n1. The number of benzene rings is 1. The minimum Gasteiger partial charge on any atom is -0.283 e. The number of hydrogen-bond donors (Lipinski definition) is 0. The Bertz CT molecular complexity index is 972. The number of thioether (sulfide) groups is 1. The van der Waals surface area contributed by atoms with Gasteiger partial charge < -0.3 is 0 Å². The fourth-order valence-corrected chi connectivity index (χ4v) is 4.72. The summed E-state index contributed by atoms with van der Waals surface area (Å²) >= 11 is 1.42. The maximum atomic E-state index is 13.1. The summed E-state index contributed by atoms with van der Waals surface area (Å²) in [5, 5.41) is 1.91. The van der Waals surface area contributed by atoms with Crippen molar-refractivity contribution in [3.63, 3.8) is 0 Å². The van der Waals surface area contributed by atoms with E-state index < -0.39 is 0 Å². The first-order valence-corrected chi connectivity index (χ1v) is 10.1. The molecule has 4 rings (SSSR count). The van der Waals surface area contributed by atoms with Crippen molar-refractivity contribution in [3.05, 3.63) is 53.0 Å². The third-order valence-corrected chi connectivity index (χ3v) is 5.88. The lowest BCUT2D eigenvalue weighted by atomic mass is 9.88. The molecule has 5 heteroatoms. The summed E-state index contributed by atoms with van der Waals surface area (Å²) in [6, 6.07) is 10.2. The minimum atomic E-state index is 0.116. The first kappa shape index (κ1) is 17.3. The van der Waals surface area contributed by atoms with Gasteiger partial charge in [-0.3, -0.25) is 9.36 Å². The van der Waals surface area contributed by atoms with Crippen molar-refractivity contribution in [2.75, 3.05) is 5.75 Å². The van der Waals surface area contributed by atoms with Crippen LogP contribution >= 0.6 is 11.8 Å². The van der Waals surface area contributed by atoms with Crippen LogP contribution in [0.15, 0.2) is 35.5 Å². The summed E-state index contributed by atoms with van der Waals surface area (Å²) in [6.07, 6.45) is 3.18. The summed E-state index contributed by atoms with van der Waals surface area (Å²) in [6.45, 7) is 6.21. The lowest BCUT2D eigenvalue weighted by Gasteiger charge is -2.20. The van der Waals surface area contributed by atoms with Crippen molar-refractivity contribution >= 4 is 28.6 Å². The topological polar surface area (TPSA) is 47.8 Å². The molecule has 0 spiro atoms. The summed E-state index contributed by atoms with van der Waals surface area (Å²) < 4.78 is 1.95. The van der Waals surface area contributed by atoms with Crippen molar-refractivity contribution in [1.29, 1.82) is 0 Å². The van der Waals surface area contributed by atoms with E-state index in [0.717, 1.165) is 36.2 Å². The van der Waals surface area contributed by atoms with Crippen molar-refractivity contribution in [1.82, 2.24) is 14.5 Å². The van der Waals surface area contributed by atoms with Gasteiger partial charge in [0.1, 0.15) is 0 Å². The number of para-hydroxylation sites is 1. The molecule has 0 aliphatic heterocycles. The van der Waals surface area contributed by atoms with Gasteiger partial charge in [0, 0.05) is 22.5 Å². The monoisotopic (exact) mass is 365 g/mol. The zero-order chi connectivity index (χ0) is 18.3. The van der Waals surface area contributed by atoms with Gasteiger partial charge in [0.15, 0.2) is 5.16 Å². The Balaban J connectivity index is 1.67. The number of rotatable bonds is 3. The molecule has 0 saturated carbocycles. The highest BCUT2D eigenvalue weighted by atomic mass is 32.2. The van der Waals surface area contributed by atoms with Crippen LogP contribution in [-0.2, 0) is 12.8 Å². The predicted octanol–water partition coefficient (Wildman–Crippen LogP) is 4.61. The lowest BCUT2D eigenvalue weighted by Crippen LogP contribution is -2.20. The van der Waals surface area contributed by atoms with Gasteiger partial charge in [-0.25, -0.2) is 9.97 Å². The molecule has 3 aromatic rings. The van der Waals surface area contributed by atoms with Crippen molar-refractivity contribution in [2.45, 2.75) is 45.2 Å². The highest BCUT2D eigenvalue weighted by Gasteiger charge is 2.25. The molecule has 0 N–H and O–H groups in total. The Morgan fingerprint density at radius 1 is 1.23 bits per heavy atom. The van der Waals surface area contributed by atoms with Gasteiger partial charge in [0.05, 0.1) is 11.3 Å². The van der Waals surface area contributed by atoms with Crippen LogP contribution in [0.2, 0.25) is 0 Å². The highest BCUT2D eigenvalue weighted by molar-refractivity contribution is 7.99. The summed E-state index contributed by atoms with van der Waals surface area (Å²) in [4.78, 5) is 22.0. The number of carbonyl (C=O) groups excluding carboxylic acids is 1. The smallest absolute Gasteiger partial charge is 0.241 e. The summed E-state index contributed by atoms with van der Waals surface area (Å²) in [5.74, 6) is 1.14. The fraction of sp³-hybridized carbons (Fsp3) is 0.381. The number of fused-ring (bicyclic) bond motifs is 3. The molecule has 0 amide bonds. The third-order valence-electron chi connectivity index (χ3n) is 5.05. The Morgan fingerprint density at radius 3 is 2.73 bits per heavy atom. The van der Waals surface area contributed by atoms with E-state index in [1.807, 2.05) is 30.5 Å². The molecule has 26 heavy (non-hydrogen) atoms. The van der Waals surface area contributed by atoms with Gasteiger partial charge >= 0.3 is 0 Å². The highest BCUT2D eigenvalue weighted by Crippen LogP contribution is 2.34. The number of carbonyl (C=O) groups is 1. The predicted molar refractivity (Wildman–Crippen MR) is 106 cm³/mol. The standard InChI is InChI=1S/C21H23N3OS/c1-13-8-9-19-17(10-13)16-6-4-5-7-18(16)24(19)20(25)12-26-21-22-14(2)11-15(3)23-21/h4-7,11,13H,8-10,12H2,1-3H3. The van der Waals surface area contributed by atoms with E-state index in [9.17, 15) is 4.79 Å². The van der Waals surface area contributed by atoms with E-state index in [0.29, 0.717) is 16.8 Å². The lowest BCUT2D eigenvalue weighted by molar-refractivity contribution is 0.0943. The van der Waals surface area contributed by atoms with Crippen LogP contribution in [0.4, 0.5) is 0 Å². The Morgan fingerprint density at radius 2 is 1.96 bits per heavy atom. The average Bonchev–Trinajstić information content (AvgIpc) is 2.93. The molecular weight excluding hydrogens is 342 g/mol. The molecule has 1 aromatic carbocycles. The van der Waals surface area contributed by atoms with Gasteiger partial charge in [0.25, 0.3) is 0 Å². The quantitative estimate of drug-likeness (QED) is 0.502. The van der Waals surface area contributed by atoms with E-state index in [-0.39, 0.29) is 5.91 Å². The zero-order valence-corrected chi connectivity index (χ0v) is 16.3. The second-order valence-electron chi connectivity index (χ2n) is 7.24. The molecule has 1 aliphatic rings. The Labute approximate surface area is 158 Å². The fourth-order valence-electron chi connectivity index (χ4n) is 3.92. The molecule has 1 aliphatic carbocycles. The molecule has 1 atom stereocenters. The number of aromatic nitrogens is 3. The molecule has 2 aromatic heterocycles. The summed E-state index contributed by atoms with van der Waals surface area (Å²) in [7, 11) is 0. The van der Waals surface area contributed by atoms with Crippen LogP contribution in [0.3, 0.4) is 0 Å². The van der Waals surface area contributed by atoms with Crippen LogP contribution in [0.5, 0.6) is 0 Å². The second kappa shape index (κ2) is 6.88. The Hall–Kier alpha value is -2.14. The number of nitrogens with zero attached hydrogens (tertiary/aromatic N) is 3. The number of hydrogen-bond acceptors (Lipinski definition) is 4. The molecular formula is C21H23N3OS. The zero-order valence-electron chi connectivity index (χ0n) is 15.5. The van der Waals surface area contributed by atoms with Crippen molar-refractivity contribution in [2.24, 2.45) is 5.92 Å². The van der Waals surface area contributed by atoms with Crippen LogP contribution in [0.1, 0.15) is 40.8 Å². The maximum absolute atomic E-state index is 13.1. The first-order valence-electron chi connectivity index (χ1n) is 9.12. The Kier molecular flexibility index (Phi) is 4.57. The molecule has 1 unspecified atom stereocenters. The third kappa shape index (κ3) is 3.16. The molecule has 0 radical (unpaired) electrons. The van der Waals surface area contributed by atoms with E-state index in [2.05, 4.69) is 35.1 Å². The van der Waals surface area contributed by atoms with Gasteiger partial charge in [-0.1, -0.05) is 36.9 Å². The molecule has 0 saturated heterocycles. The molecule has 0 bridgehead atoms. The minimum absolute atomic E-state index is 0.116. The van der Waals surface area contributed by atoms with Crippen molar-refractivity contribution < 1.29 is 4.79 Å². The average molecular weight is 366 g/mol. The molecule has 2 heterocycles. The van der Waals surface area contributed by atoms with E-state index in [1.54, 1.807) is 0 Å². The number of aryl methyl sites for hydroxylation is 2. The molecule has 4 nitrogen and oxygen atoms in total. The largest absolute Gasteiger partial charge is 0.283 e. The molecule has 134 valence electrons. The van der Waals surface area contributed by atoms with E-state index >= 15 is 0 Å². The second-order valence-corrected chi connectivity index (χ2v) is 8.18. The van der Waals surface area contributed by atoms with Gasteiger partial charge in [-0.2, -0.15) is 0 Å². The summed E-state index contributed by atoms with van der Waals surface area (Å²) in [5.41, 5.74) is 5.48. The van der Waals surface area contributed by atoms with Gasteiger partial charge in [0.2, 0.25) is 5.91 Å². The van der Waals surface area contributed by atoms with Gasteiger partial charge in [-0.15, -0.1) is 0 Å². The van der Waals surface area contributed by atoms with Crippen LogP contribution in [-0.4, -0.2) is 26.2 Å². The maximum Gasteiger partial charge on any atom is 0.241 e. The van der Waals surface area contributed by atoms with Crippen LogP contribution < -0.4 is 0 Å². The normalized spacial score (nSPS) is 16.7. The molecule has 0 fully saturated rings. The van der Waals surface area contributed by atoms with Crippen LogP contribution in [0.25, 0.3) is 10.9 Å².